The van der Waals surface area contributed by atoms with Gasteiger partial charge in [-0.1, -0.05) is 12.1 Å². The summed E-state index contributed by atoms with van der Waals surface area (Å²) in [5.74, 6) is 0.817. The molecule has 0 bridgehead atoms. The van der Waals surface area contributed by atoms with Crippen molar-refractivity contribution in [3.63, 3.8) is 0 Å². The normalized spacial score (nSPS) is 13.2. The zero-order valence-corrected chi connectivity index (χ0v) is 8.94. The number of oxazole rings is 1. The first-order chi connectivity index (χ1) is 7.25. The second-order valence-electron chi connectivity index (χ2n) is 3.94. The molecular formula is C12H16N2O. The molecule has 1 unspecified atom stereocenters. The quantitative estimate of drug-likeness (QED) is 0.832. The van der Waals surface area contributed by atoms with E-state index in [2.05, 4.69) is 4.98 Å². The molecule has 0 aliphatic carbocycles. The summed E-state index contributed by atoms with van der Waals surface area (Å²) >= 11 is 0. The van der Waals surface area contributed by atoms with Crippen LogP contribution >= 0.6 is 0 Å². The highest BCUT2D eigenvalue weighted by atomic mass is 16.3. The van der Waals surface area contributed by atoms with Crippen molar-refractivity contribution in [1.82, 2.24) is 4.98 Å². The van der Waals surface area contributed by atoms with E-state index in [1.165, 1.54) is 0 Å². The van der Waals surface area contributed by atoms with E-state index in [9.17, 15) is 0 Å². The van der Waals surface area contributed by atoms with E-state index in [-0.39, 0.29) is 6.04 Å². The number of aromatic nitrogens is 1. The Bertz CT molecular complexity index is 401. The molecule has 0 fully saturated rings. The molecule has 0 amide bonds. The van der Waals surface area contributed by atoms with E-state index in [1.807, 2.05) is 31.2 Å². The summed E-state index contributed by atoms with van der Waals surface area (Å²) in [5.41, 5.74) is 7.49. The highest BCUT2D eigenvalue weighted by Crippen LogP contribution is 2.16. The molecule has 1 aromatic carbocycles. The van der Waals surface area contributed by atoms with Gasteiger partial charge in [0.15, 0.2) is 11.5 Å². The first kappa shape index (κ1) is 10.2. The molecule has 1 aromatic heterocycles. The number of hydrogen-bond donors (Lipinski definition) is 1. The molecular weight excluding hydrogens is 188 g/mol. The van der Waals surface area contributed by atoms with Gasteiger partial charge in [0.25, 0.3) is 0 Å². The van der Waals surface area contributed by atoms with Gasteiger partial charge < -0.3 is 10.2 Å². The Morgan fingerprint density at radius 1 is 1.40 bits per heavy atom. The van der Waals surface area contributed by atoms with Crippen LogP contribution in [0, 0.1) is 0 Å². The van der Waals surface area contributed by atoms with Crippen LogP contribution in [0.2, 0.25) is 0 Å². The molecule has 0 aliphatic heterocycles. The summed E-state index contributed by atoms with van der Waals surface area (Å²) in [7, 11) is 0. The predicted octanol–water partition coefficient (Wildman–Crippen LogP) is 2.50. The highest BCUT2D eigenvalue weighted by Gasteiger charge is 2.04. The molecule has 0 radical (unpaired) electrons. The number of aryl methyl sites for hydroxylation is 1. The Balaban J connectivity index is 2.03. The lowest BCUT2D eigenvalue weighted by Crippen LogP contribution is -2.14. The summed E-state index contributed by atoms with van der Waals surface area (Å²) < 4.78 is 5.60. The SMILES string of the molecule is CC(N)CCCc1nc2ccccc2o1. The molecule has 1 heterocycles. The van der Waals surface area contributed by atoms with E-state index < -0.39 is 0 Å². The summed E-state index contributed by atoms with van der Waals surface area (Å²) in [6, 6.07) is 8.09. The number of hydrogen-bond acceptors (Lipinski definition) is 3. The number of para-hydroxylation sites is 2. The number of nitrogens with zero attached hydrogens (tertiary/aromatic N) is 1. The van der Waals surface area contributed by atoms with E-state index in [4.69, 9.17) is 10.2 Å². The molecule has 0 spiro atoms. The molecule has 0 aliphatic rings. The summed E-state index contributed by atoms with van der Waals surface area (Å²) in [5, 5.41) is 0. The van der Waals surface area contributed by atoms with Crippen molar-refractivity contribution in [2.45, 2.75) is 32.2 Å². The largest absolute Gasteiger partial charge is 0.441 e. The van der Waals surface area contributed by atoms with Gasteiger partial charge >= 0.3 is 0 Å². The second kappa shape index (κ2) is 4.45. The summed E-state index contributed by atoms with van der Waals surface area (Å²) in [4.78, 5) is 4.40. The average molecular weight is 204 g/mol. The minimum atomic E-state index is 0.259. The minimum Gasteiger partial charge on any atom is -0.441 e. The Morgan fingerprint density at radius 2 is 2.20 bits per heavy atom. The number of fused-ring (bicyclic) bond motifs is 1. The van der Waals surface area contributed by atoms with Gasteiger partial charge in [0.05, 0.1) is 0 Å². The third-order valence-corrected chi connectivity index (χ3v) is 2.39. The molecule has 1 atom stereocenters. The maximum Gasteiger partial charge on any atom is 0.195 e. The van der Waals surface area contributed by atoms with E-state index >= 15 is 0 Å². The van der Waals surface area contributed by atoms with E-state index in [1.54, 1.807) is 0 Å². The standard InChI is InChI=1S/C12H16N2O/c1-9(13)5-4-8-12-14-10-6-2-3-7-11(10)15-12/h2-3,6-7,9H,4-5,8,13H2,1H3. The van der Waals surface area contributed by atoms with Crippen LogP contribution in [-0.2, 0) is 6.42 Å². The number of benzene rings is 1. The fourth-order valence-corrected chi connectivity index (χ4v) is 1.60. The van der Waals surface area contributed by atoms with Crippen LogP contribution in [0.3, 0.4) is 0 Å². The minimum absolute atomic E-state index is 0.259. The van der Waals surface area contributed by atoms with Gasteiger partial charge in [-0.05, 0) is 31.9 Å². The summed E-state index contributed by atoms with van der Waals surface area (Å²) in [6.07, 6.45) is 2.92. The summed E-state index contributed by atoms with van der Waals surface area (Å²) in [6.45, 7) is 2.02. The van der Waals surface area contributed by atoms with E-state index in [0.29, 0.717) is 0 Å². The fourth-order valence-electron chi connectivity index (χ4n) is 1.60. The maximum atomic E-state index is 5.68. The third kappa shape index (κ3) is 2.57. The molecule has 2 aromatic rings. The van der Waals surface area contributed by atoms with Gasteiger partial charge in [0.1, 0.15) is 5.52 Å². The fraction of sp³-hybridized carbons (Fsp3) is 0.417. The van der Waals surface area contributed by atoms with Crippen molar-refractivity contribution in [2.24, 2.45) is 5.73 Å². The van der Waals surface area contributed by atoms with Crippen molar-refractivity contribution >= 4 is 11.1 Å². The van der Waals surface area contributed by atoms with Crippen molar-refractivity contribution in [2.75, 3.05) is 0 Å². The van der Waals surface area contributed by atoms with Crippen LogP contribution < -0.4 is 5.73 Å². The Morgan fingerprint density at radius 3 is 2.93 bits per heavy atom. The predicted molar refractivity (Wildman–Crippen MR) is 60.6 cm³/mol. The molecule has 3 heteroatoms. The molecule has 0 saturated carbocycles. The Labute approximate surface area is 89.3 Å². The van der Waals surface area contributed by atoms with Crippen LogP contribution in [0.5, 0.6) is 0 Å². The van der Waals surface area contributed by atoms with Crippen molar-refractivity contribution in [3.8, 4) is 0 Å². The topological polar surface area (TPSA) is 52.0 Å². The molecule has 2 N–H and O–H groups in total. The molecule has 2 rings (SSSR count). The first-order valence-corrected chi connectivity index (χ1v) is 5.36. The van der Waals surface area contributed by atoms with Crippen molar-refractivity contribution < 1.29 is 4.42 Å². The lowest BCUT2D eigenvalue weighted by molar-refractivity contribution is 0.503. The first-order valence-electron chi connectivity index (χ1n) is 5.36. The zero-order valence-electron chi connectivity index (χ0n) is 8.94. The average Bonchev–Trinajstić information content (AvgIpc) is 2.59. The zero-order chi connectivity index (χ0) is 10.7. The van der Waals surface area contributed by atoms with Gasteiger partial charge in [0, 0.05) is 12.5 Å². The Hall–Kier alpha value is -1.35. The molecule has 0 saturated heterocycles. The van der Waals surface area contributed by atoms with Crippen molar-refractivity contribution in [3.05, 3.63) is 30.2 Å². The maximum absolute atomic E-state index is 5.68. The van der Waals surface area contributed by atoms with Crippen LogP contribution in [0.4, 0.5) is 0 Å². The molecule has 80 valence electrons. The van der Waals surface area contributed by atoms with Gasteiger partial charge in [-0.15, -0.1) is 0 Å². The van der Waals surface area contributed by atoms with E-state index in [0.717, 1.165) is 36.3 Å². The van der Waals surface area contributed by atoms with Gasteiger partial charge in [-0.3, -0.25) is 0 Å². The van der Waals surface area contributed by atoms with Crippen LogP contribution in [-0.4, -0.2) is 11.0 Å². The van der Waals surface area contributed by atoms with Crippen LogP contribution in [0.15, 0.2) is 28.7 Å². The van der Waals surface area contributed by atoms with Gasteiger partial charge in [-0.25, -0.2) is 4.98 Å². The van der Waals surface area contributed by atoms with Gasteiger partial charge in [-0.2, -0.15) is 0 Å². The van der Waals surface area contributed by atoms with Crippen LogP contribution in [0.1, 0.15) is 25.7 Å². The smallest absolute Gasteiger partial charge is 0.195 e. The number of rotatable bonds is 4. The highest BCUT2D eigenvalue weighted by molar-refractivity contribution is 5.72. The molecule has 3 nitrogen and oxygen atoms in total. The lowest BCUT2D eigenvalue weighted by atomic mass is 10.1. The second-order valence-corrected chi connectivity index (χ2v) is 3.94. The lowest BCUT2D eigenvalue weighted by Gasteiger charge is -2.01. The van der Waals surface area contributed by atoms with Crippen molar-refractivity contribution in [1.29, 1.82) is 0 Å². The third-order valence-electron chi connectivity index (χ3n) is 2.39. The van der Waals surface area contributed by atoms with Gasteiger partial charge in [0.2, 0.25) is 0 Å². The number of nitrogens with two attached hydrogens (primary N) is 1. The molecule has 15 heavy (non-hydrogen) atoms. The Kier molecular flexibility index (Phi) is 3.02. The van der Waals surface area contributed by atoms with Crippen LogP contribution in [0.25, 0.3) is 11.1 Å². The monoisotopic (exact) mass is 204 g/mol.